The third kappa shape index (κ3) is 11.2. The van der Waals surface area contributed by atoms with Gasteiger partial charge in [-0.05, 0) is 224 Å². The molecule has 9 heterocycles. The summed E-state index contributed by atoms with van der Waals surface area (Å²) >= 11 is 0. The van der Waals surface area contributed by atoms with Crippen LogP contribution in [0.15, 0.2) is 445 Å². The molecule has 0 spiro atoms. The first-order chi connectivity index (χ1) is 61.0. The second-order valence-electron chi connectivity index (χ2n) is 31.6. The van der Waals surface area contributed by atoms with Crippen molar-refractivity contribution in [1.82, 2.24) is 13.7 Å². The minimum Gasteiger partial charge on any atom is -0.456 e. The fourth-order valence-electron chi connectivity index (χ4n) is 19.2. The quantitative estimate of drug-likeness (QED) is 0.143. The Hall–Kier alpha value is -16.6. The molecule has 0 fully saturated rings. The summed E-state index contributed by atoms with van der Waals surface area (Å²) < 4.78 is 45.3. The highest BCUT2D eigenvalue weighted by molar-refractivity contribution is 6.24. The molecular formula is C114H69N3O6. The van der Waals surface area contributed by atoms with Crippen LogP contribution in [0.25, 0.3) is 249 Å². The van der Waals surface area contributed by atoms with Crippen LogP contribution in [0, 0.1) is 0 Å². The maximum atomic E-state index is 6.61. The number of furan rings is 6. The van der Waals surface area contributed by atoms with Crippen LogP contribution in [0.4, 0.5) is 0 Å². The third-order valence-corrected chi connectivity index (χ3v) is 24.6. The summed E-state index contributed by atoms with van der Waals surface area (Å²) in [6, 6.07) is 147. The van der Waals surface area contributed by atoms with E-state index in [4.69, 9.17) is 26.5 Å². The largest absolute Gasteiger partial charge is 0.456 e. The Kier molecular flexibility index (Phi) is 15.8. The number of hydrogen-bond acceptors (Lipinski definition) is 6. The van der Waals surface area contributed by atoms with Gasteiger partial charge in [0, 0.05) is 65.5 Å². The van der Waals surface area contributed by atoms with Crippen LogP contribution < -0.4 is 0 Å². The lowest BCUT2D eigenvalue weighted by atomic mass is 9.94. The predicted octanol–water partition coefficient (Wildman–Crippen LogP) is 32.3. The number of para-hydroxylation sites is 9. The van der Waals surface area contributed by atoms with E-state index in [0.29, 0.717) is 0 Å². The molecule has 0 aliphatic rings. The molecule has 0 unspecified atom stereocenters. The van der Waals surface area contributed by atoms with Gasteiger partial charge in [0.2, 0.25) is 0 Å². The number of benzene rings is 18. The lowest BCUT2D eigenvalue weighted by Crippen LogP contribution is -1.93. The monoisotopic (exact) mass is 1580 g/mol. The Morgan fingerprint density at radius 3 is 0.862 bits per heavy atom. The summed E-state index contributed by atoms with van der Waals surface area (Å²) in [5, 5.41) is 13.5. The van der Waals surface area contributed by atoms with Crippen molar-refractivity contribution in [3.8, 4) is 83.8 Å². The molecule has 9 nitrogen and oxygen atoms in total. The van der Waals surface area contributed by atoms with Gasteiger partial charge >= 0.3 is 0 Å². The molecule has 27 rings (SSSR count). The van der Waals surface area contributed by atoms with Crippen LogP contribution in [0.1, 0.15) is 0 Å². The van der Waals surface area contributed by atoms with Crippen LogP contribution in [-0.4, -0.2) is 13.7 Å². The topological polar surface area (TPSA) is 93.6 Å². The van der Waals surface area contributed by atoms with Gasteiger partial charge in [0.25, 0.3) is 0 Å². The van der Waals surface area contributed by atoms with E-state index in [2.05, 4.69) is 390 Å². The zero-order valence-corrected chi connectivity index (χ0v) is 66.1. The van der Waals surface area contributed by atoms with Crippen LogP contribution >= 0.6 is 0 Å². The summed E-state index contributed by atoms with van der Waals surface area (Å²) in [6.07, 6.45) is 0. The summed E-state index contributed by atoms with van der Waals surface area (Å²) in [5.74, 6) is 0. The molecule has 18 aromatic carbocycles. The maximum absolute atomic E-state index is 6.61. The molecule has 0 amide bonds. The van der Waals surface area contributed by atoms with Crippen molar-refractivity contribution in [2.75, 3.05) is 0 Å². The molecule has 0 saturated carbocycles. The van der Waals surface area contributed by atoms with Crippen LogP contribution in [0.2, 0.25) is 0 Å². The summed E-state index contributed by atoms with van der Waals surface area (Å²) in [5.41, 5.74) is 34.7. The van der Waals surface area contributed by atoms with E-state index in [1.165, 1.54) is 0 Å². The van der Waals surface area contributed by atoms with Gasteiger partial charge in [-0.25, -0.2) is 0 Å². The van der Waals surface area contributed by atoms with Gasteiger partial charge in [-0.3, -0.25) is 0 Å². The standard InChI is InChI=1S/3C38H23NO2/c1-2-13-26(14-3-1)39-31-19-6-4-15-29(31)38-37(39)36-28(18-10-22-34(36)41-38)25-12-8-11-24(23-25)27-17-9-21-33-35(27)30-16-5-7-20-32(30)40-33;1-2-12-27(13-3-1)39-32-17-6-4-15-31(32)38-37(39)36-28(16-9-19-34(36)41-38)26-11-8-10-24(22-26)25-20-21-30-29-14-5-7-18-33(29)40-35(30)23-25;1-2-12-27(13-3-1)39-32-17-6-4-15-30(32)38-37(39)36-28(16-9-19-35(36)41-38)26-11-8-10-24(22-26)25-20-21-34-31(23-25)29-14-5-7-18-33(29)40-34/h3*1-23H. The van der Waals surface area contributed by atoms with E-state index in [1.54, 1.807) is 0 Å². The molecule has 123 heavy (non-hydrogen) atoms. The van der Waals surface area contributed by atoms with E-state index in [0.717, 1.165) is 249 Å². The van der Waals surface area contributed by atoms with Gasteiger partial charge in [-0.2, -0.15) is 0 Å². The number of fused-ring (bicyclic) bond motifs is 24. The van der Waals surface area contributed by atoms with Crippen LogP contribution in [0.3, 0.4) is 0 Å². The molecular weight excluding hydrogens is 1510 g/mol. The molecule has 576 valence electrons. The summed E-state index contributed by atoms with van der Waals surface area (Å²) in [4.78, 5) is 0. The van der Waals surface area contributed by atoms with Crippen molar-refractivity contribution < 1.29 is 26.5 Å². The first kappa shape index (κ1) is 69.5. The first-order valence-electron chi connectivity index (χ1n) is 41.6. The van der Waals surface area contributed by atoms with Crippen molar-refractivity contribution in [2.45, 2.75) is 0 Å². The van der Waals surface area contributed by atoms with E-state index in [9.17, 15) is 0 Å². The fraction of sp³-hybridized carbons (Fsp3) is 0. The Morgan fingerprint density at radius 2 is 0.423 bits per heavy atom. The molecule has 0 N–H and O–H groups in total. The lowest BCUT2D eigenvalue weighted by molar-refractivity contribution is 0.668. The normalized spacial score (nSPS) is 11.9. The highest BCUT2D eigenvalue weighted by atomic mass is 16.4. The molecule has 27 aromatic rings. The minimum absolute atomic E-state index is 0.885. The summed E-state index contributed by atoms with van der Waals surface area (Å²) in [6.45, 7) is 0. The van der Waals surface area contributed by atoms with Gasteiger partial charge in [0.05, 0.1) is 32.7 Å². The van der Waals surface area contributed by atoms with Crippen molar-refractivity contribution in [3.05, 3.63) is 419 Å². The van der Waals surface area contributed by atoms with Crippen molar-refractivity contribution in [1.29, 1.82) is 0 Å². The SMILES string of the molecule is c1ccc(-n2c3ccccc3c3oc4cccc(-c5cccc(-c6ccc7c(c6)oc6ccccc67)c5)c4c32)cc1.c1ccc(-n2c3ccccc3c3oc4cccc(-c5cccc(-c6ccc7oc8ccccc8c7c6)c5)c4c32)cc1.c1ccc(-n2c3ccccc3c3oc4cccc(-c5cccc(-c6cccc7oc8ccccc8c67)c5)c4c32)cc1. The highest BCUT2D eigenvalue weighted by Crippen LogP contribution is 2.49. The van der Waals surface area contributed by atoms with E-state index in [-0.39, 0.29) is 0 Å². The zero-order valence-electron chi connectivity index (χ0n) is 66.1. The van der Waals surface area contributed by atoms with E-state index >= 15 is 0 Å². The van der Waals surface area contributed by atoms with Crippen LogP contribution in [-0.2, 0) is 0 Å². The first-order valence-corrected chi connectivity index (χ1v) is 41.6. The molecule has 0 saturated heterocycles. The molecule has 9 heteroatoms. The molecule has 0 aliphatic heterocycles. The van der Waals surface area contributed by atoms with Gasteiger partial charge in [0.1, 0.15) is 66.8 Å². The molecule has 0 aliphatic carbocycles. The zero-order chi connectivity index (χ0) is 80.7. The number of aromatic nitrogens is 3. The van der Waals surface area contributed by atoms with Gasteiger partial charge in [-0.15, -0.1) is 0 Å². The second kappa shape index (κ2) is 28.0. The summed E-state index contributed by atoms with van der Waals surface area (Å²) in [7, 11) is 0. The lowest BCUT2D eigenvalue weighted by Gasteiger charge is -2.11. The third-order valence-electron chi connectivity index (χ3n) is 24.6. The highest BCUT2D eigenvalue weighted by Gasteiger charge is 2.27. The molecule has 0 bridgehead atoms. The average molecular weight is 1580 g/mol. The van der Waals surface area contributed by atoms with Crippen molar-refractivity contribution in [2.24, 2.45) is 0 Å². The van der Waals surface area contributed by atoms with Gasteiger partial charge in [-0.1, -0.05) is 261 Å². The fourth-order valence-corrected chi connectivity index (χ4v) is 19.2. The molecule has 0 atom stereocenters. The maximum Gasteiger partial charge on any atom is 0.161 e. The number of rotatable bonds is 9. The smallest absolute Gasteiger partial charge is 0.161 e. The molecule has 0 radical (unpaired) electrons. The predicted molar refractivity (Wildman–Crippen MR) is 506 cm³/mol. The minimum atomic E-state index is 0.885. The molecule has 9 aromatic heterocycles. The average Bonchev–Trinajstić information content (AvgIpc) is 1.56. The van der Waals surface area contributed by atoms with Crippen LogP contribution in [0.5, 0.6) is 0 Å². The second-order valence-corrected chi connectivity index (χ2v) is 31.6. The van der Waals surface area contributed by atoms with Crippen molar-refractivity contribution >= 4 is 165 Å². The van der Waals surface area contributed by atoms with Gasteiger partial charge in [0.15, 0.2) is 16.7 Å². The Balaban J connectivity index is 0.000000101. The Bertz CT molecular complexity index is 8900. The Labute approximate surface area is 702 Å². The van der Waals surface area contributed by atoms with Gasteiger partial charge < -0.3 is 40.2 Å². The Morgan fingerprint density at radius 1 is 0.146 bits per heavy atom. The van der Waals surface area contributed by atoms with E-state index in [1.807, 2.05) is 42.5 Å². The number of nitrogens with zero attached hydrogens (tertiary/aromatic N) is 3. The van der Waals surface area contributed by atoms with Crippen molar-refractivity contribution in [3.63, 3.8) is 0 Å². The van der Waals surface area contributed by atoms with E-state index < -0.39 is 0 Å². The number of hydrogen-bond donors (Lipinski definition) is 0.